The number of aromatic amines is 1. The summed E-state index contributed by atoms with van der Waals surface area (Å²) in [5.41, 5.74) is 3.68. The van der Waals surface area contributed by atoms with Crippen molar-refractivity contribution < 1.29 is 4.74 Å². The molecule has 2 fully saturated rings. The van der Waals surface area contributed by atoms with Gasteiger partial charge in [-0.2, -0.15) is 5.10 Å². The zero-order valence-corrected chi connectivity index (χ0v) is 15.1. The average molecular weight is 341 g/mol. The highest BCUT2D eigenvalue weighted by atomic mass is 16.5. The van der Waals surface area contributed by atoms with Crippen LogP contribution in [0.4, 0.5) is 0 Å². The summed E-state index contributed by atoms with van der Waals surface area (Å²) in [7, 11) is 2.26. The molecule has 6 nitrogen and oxygen atoms in total. The van der Waals surface area contributed by atoms with Gasteiger partial charge in [0.15, 0.2) is 0 Å². The third-order valence-electron chi connectivity index (χ3n) is 5.56. The first-order chi connectivity index (χ1) is 12.1. The van der Waals surface area contributed by atoms with Crippen LogP contribution in [0.2, 0.25) is 0 Å². The van der Waals surface area contributed by atoms with Crippen molar-refractivity contribution in [2.75, 3.05) is 33.3 Å². The number of nitrogens with one attached hydrogen (secondary N) is 1. The van der Waals surface area contributed by atoms with Crippen LogP contribution in [-0.4, -0.2) is 63.8 Å². The summed E-state index contributed by atoms with van der Waals surface area (Å²) >= 11 is 0. The minimum Gasteiger partial charge on any atom is -0.375 e. The number of rotatable bonds is 6. The normalized spacial score (nSPS) is 23.2. The van der Waals surface area contributed by atoms with Gasteiger partial charge in [-0.1, -0.05) is 6.07 Å². The van der Waals surface area contributed by atoms with E-state index in [0.717, 1.165) is 44.2 Å². The van der Waals surface area contributed by atoms with E-state index in [1.54, 1.807) is 0 Å². The number of nitrogens with zero attached hydrogens (tertiary/aromatic N) is 4. The first kappa shape index (κ1) is 16.7. The highest BCUT2D eigenvalue weighted by Crippen LogP contribution is 2.40. The molecular weight excluding hydrogens is 314 g/mol. The molecule has 0 bridgehead atoms. The van der Waals surface area contributed by atoms with E-state index in [2.05, 4.69) is 32.0 Å². The Balaban J connectivity index is 1.23. The highest BCUT2D eigenvalue weighted by Gasteiger charge is 2.51. The van der Waals surface area contributed by atoms with Crippen LogP contribution in [0, 0.1) is 12.8 Å². The Hall–Kier alpha value is -1.76. The number of H-pyrrole nitrogens is 1. The summed E-state index contributed by atoms with van der Waals surface area (Å²) in [6.07, 6.45) is 5.13. The van der Waals surface area contributed by atoms with Crippen molar-refractivity contribution in [2.24, 2.45) is 5.92 Å². The molecule has 0 aromatic carbocycles. The molecule has 1 N–H and O–H groups in total. The largest absolute Gasteiger partial charge is 0.375 e. The summed E-state index contributed by atoms with van der Waals surface area (Å²) in [6, 6.07) is 6.10. The van der Waals surface area contributed by atoms with Gasteiger partial charge in [0.1, 0.15) is 0 Å². The van der Waals surface area contributed by atoms with Crippen LogP contribution < -0.4 is 0 Å². The zero-order valence-electron chi connectivity index (χ0n) is 15.1. The second-order valence-corrected chi connectivity index (χ2v) is 7.71. The number of aromatic nitrogens is 3. The molecule has 1 spiro atoms. The van der Waals surface area contributed by atoms with Gasteiger partial charge >= 0.3 is 0 Å². The lowest BCUT2D eigenvalue weighted by Crippen LogP contribution is -2.66. The van der Waals surface area contributed by atoms with Crippen molar-refractivity contribution in [3.63, 3.8) is 0 Å². The number of pyridine rings is 1. The van der Waals surface area contributed by atoms with Gasteiger partial charge < -0.3 is 4.74 Å². The molecule has 0 saturated carbocycles. The molecule has 2 aliphatic rings. The fourth-order valence-electron chi connectivity index (χ4n) is 4.35. The lowest BCUT2D eigenvalue weighted by Gasteiger charge is -2.52. The highest BCUT2D eigenvalue weighted by molar-refractivity contribution is 5.12. The Labute approximate surface area is 149 Å². The lowest BCUT2D eigenvalue weighted by molar-refractivity contribution is -0.0226. The zero-order chi connectivity index (χ0) is 17.3. The molecule has 1 atom stereocenters. The van der Waals surface area contributed by atoms with Crippen LogP contribution >= 0.6 is 0 Å². The predicted molar refractivity (Wildman–Crippen MR) is 96.0 cm³/mol. The van der Waals surface area contributed by atoms with Gasteiger partial charge in [-0.3, -0.25) is 19.9 Å². The summed E-state index contributed by atoms with van der Waals surface area (Å²) in [6.45, 7) is 7.86. The van der Waals surface area contributed by atoms with Crippen LogP contribution in [0.5, 0.6) is 0 Å². The Kier molecular flexibility index (Phi) is 4.58. The van der Waals surface area contributed by atoms with E-state index in [1.807, 2.05) is 37.5 Å². The molecule has 6 heteroatoms. The van der Waals surface area contributed by atoms with E-state index in [4.69, 9.17) is 4.74 Å². The summed E-state index contributed by atoms with van der Waals surface area (Å²) in [4.78, 5) is 9.54. The van der Waals surface area contributed by atoms with Crippen molar-refractivity contribution in [1.29, 1.82) is 0 Å². The van der Waals surface area contributed by atoms with Crippen LogP contribution in [0.3, 0.4) is 0 Å². The molecule has 0 amide bonds. The van der Waals surface area contributed by atoms with E-state index in [1.165, 1.54) is 12.0 Å². The summed E-state index contributed by atoms with van der Waals surface area (Å²) in [5.74, 6) is 0.617. The quantitative estimate of drug-likeness (QED) is 0.869. The van der Waals surface area contributed by atoms with Crippen molar-refractivity contribution >= 4 is 0 Å². The summed E-state index contributed by atoms with van der Waals surface area (Å²) < 4.78 is 5.97. The molecule has 0 radical (unpaired) electrons. The van der Waals surface area contributed by atoms with E-state index in [0.29, 0.717) is 18.1 Å². The molecule has 4 heterocycles. The van der Waals surface area contributed by atoms with E-state index in [-0.39, 0.29) is 0 Å². The van der Waals surface area contributed by atoms with E-state index >= 15 is 0 Å². The molecule has 2 aromatic heterocycles. The Morgan fingerprint density at radius 1 is 1.36 bits per heavy atom. The molecule has 2 saturated heterocycles. The van der Waals surface area contributed by atoms with Gasteiger partial charge in [0.25, 0.3) is 0 Å². The second-order valence-electron chi connectivity index (χ2n) is 7.71. The van der Waals surface area contributed by atoms with E-state index in [9.17, 15) is 0 Å². The van der Waals surface area contributed by atoms with Gasteiger partial charge in [0.2, 0.25) is 0 Å². The predicted octanol–water partition coefficient (Wildman–Crippen LogP) is 1.84. The topological polar surface area (TPSA) is 57.3 Å². The minimum absolute atomic E-state index is 0.347. The maximum Gasteiger partial charge on any atom is 0.0888 e. The Bertz CT molecular complexity index is 696. The van der Waals surface area contributed by atoms with Crippen LogP contribution in [-0.2, 0) is 17.9 Å². The Morgan fingerprint density at radius 2 is 2.24 bits per heavy atom. The van der Waals surface area contributed by atoms with Gasteiger partial charge in [0.05, 0.1) is 25.1 Å². The average Bonchev–Trinajstić information content (AvgIpc) is 3.16. The lowest BCUT2D eigenvalue weighted by atomic mass is 9.84. The van der Waals surface area contributed by atoms with Gasteiger partial charge in [-0.25, -0.2) is 0 Å². The number of likely N-dealkylation sites (N-methyl/N-ethyl adjacent to an activating group) is 1. The molecule has 0 unspecified atom stereocenters. The molecule has 134 valence electrons. The standard InChI is InChI=1S/C19H27N5O/c1-15-4-3-5-18(22-15)12-25-11-16-6-19(23(2)9-16)13-24(14-19)10-17-7-20-21-8-17/h3-5,7-8,16H,6,9-14H2,1-2H3,(H,20,21)/t16-/m1/s1. The molecular formula is C19H27N5O. The third kappa shape index (κ3) is 3.61. The number of ether oxygens (including phenoxy) is 1. The monoisotopic (exact) mass is 341 g/mol. The number of hydrogen-bond donors (Lipinski definition) is 1. The number of hydrogen-bond acceptors (Lipinski definition) is 5. The van der Waals surface area contributed by atoms with Crippen molar-refractivity contribution in [3.05, 3.63) is 47.5 Å². The second kappa shape index (κ2) is 6.86. The van der Waals surface area contributed by atoms with Crippen molar-refractivity contribution in [3.8, 4) is 0 Å². The number of aryl methyl sites for hydroxylation is 1. The smallest absolute Gasteiger partial charge is 0.0888 e. The molecule has 4 rings (SSSR count). The minimum atomic E-state index is 0.347. The molecule has 25 heavy (non-hydrogen) atoms. The maximum atomic E-state index is 5.97. The van der Waals surface area contributed by atoms with Crippen LogP contribution in [0.1, 0.15) is 23.4 Å². The van der Waals surface area contributed by atoms with Crippen LogP contribution in [0.25, 0.3) is 0 Å². The molecule has 0 aliphatic carbocycles. The van der Waals surface area contributed by atoms with Gasteiger partial charge in [-0.05, 0) is 38.4 Å². The first-order valence-electron chi connectivity index (χ1n) is 9.04. The van der Waals surface area contributed by atoms with E-state index < -0.39 is 0 Å². The fraction of sp³-hybridized carbons (Fsp3) is 0.579. The first-order valence-corrected chi connectivity index (χ1v) is 9.04. The van der Waals surface area contributed by atoms with Gasteiger partial charge in [-0.15, -0.1) is 0 Å². The van der Waals surface area contributed by atoms with Gasteiger partial charge in [0, 0.05) is 49.2 Å². The number of likely N-dealkylation sites (tertiary alicyclic amines) is 2. The SMILES string of the molecule is Cc1cccc(COC[C@H]2CN(C)C3(C2)CN(Cc2cn[nH]c2)C3)n1. The van der Waals surface area contributed by atoms with Crippen LogP contribution in [0.15, 0.2) is 30.6 Å². The van der Waals surface area contributed by atoms with Crippen molar-refractivity contribution in [2.45, 2.75) is 32.0 Å². The Morgan fingerprint density at radius 3 is 3.00 bits per heavy atom. The van der Waals surface area contributed by atoms with Crippen molar-refractivity contribution in [1.82, 2.24) is 25.0 Å². The molecule has 2 aliphatic heterocycles. The maximum absolute atomic E-state index is 5.97. The summed E-state index contributed by atoms with van der Waals surface area (Å²) in [5, 5.41) is 6.92. The molecule has 2 aromatic rings. The fourth-order valence-corrected chi connectivity index (χ4v) is 4.35. The third-order valence-corrected chi connectivity index (χ3v) is 5.56.